The largest absolute Gasteiger partial charge is 0.457 e. The molecule has 0 saturated carbocycles. The number of ether oxygens (including phenoxy) is 1. The van der Waals surface area contributed by atoms with Gasteiger partial charge < -0.3 is 21.1 Å². The monoisotopic (exact) mass is 489 g/mol. The SMILES string of the molecule is CC(C)c1cncc(NC(=O)Nc2ccc(Oc3ccnc(-c4cnn(CC(N)=O)c4)c3)cc2F)c1. The fourth-order valence-electron chi connectivity index (χ4n) is 3.30. The number of nitrogens with zero attached hydrogens (tertiary/aromatic N) is 4. The van der Waals surface area contributed by atoms with E-state index in [1.807, 2.05) is 19.9 Å². The summed E-state index contributed by atoms with van der Waals surface area (Å²) in [5.41, 5.74) is 7.87. The molecule has 0 atom stereocenters. The number of pyridine rings is 2. The lowest BCUT2D eigenvalue weighted by Gasteiger charge is -2.12. The third-order valence-corrected chi connectivity index (χ3v) is 5.09. The molecule has 36 heavy (non-hydrogen) atoms. The first-order valence-electron chi connectivity index (χ1n) is 11.0. The first-order valence-corrected chi connectivity index (χ1v) is 11.0. The van der Waals surface area contributed by atoms with Crippen LogP contribution in [0.4, 0.5) is 20.6 Å². The van der Waals surface area contributed by atoms with E-state index in [1.165, 1.54) is 35.3 Å². The first kappa shape index (κ1) is 24.3. The number of benzene rings is 1. The molecular weight excluding hydrogens is 465 g/mol. The molecule has 0 aliphatic heterocycles. The van der Waals surface area contributed by atoms with Gasteiger partial charge in [0.05, 0.1) is 29.5 Å². The van der Waals surface area contributed by atoms with Gasteiger partial charge in [0, 0.05) is 36.3 Å². The third kappa shape index (κ3) is 6.20. The van der Waals surface area contributed by atoms with Crippen LogP contribution in [-0.2, 0) is 11.3 Å². The maximum absolute atomic E-state index is 14.7. The number of nitrogens with one attached hydrogen (secondary N) is 2. The summed E-state index contributed by atoms with van der Waals surface area (Å²) in [6, 6.07) is 8.60. The van der Waals surface area contributed by atoms with Crippen molar-refractivity contribution in [3.05, 3.63) is 78.8 Å². The summed E-state index contributed by atoms with van der Waals surface area (Å²) >= 11 is 0. The lowest BCUT2D eigenvalue weighted by Crippen LogP contribution is -2.20. The van der Waals surface area contributed by atoms with Crippen LogP contribution in [0.5, 0.6) is 11.5 Å². The van der Waals surface area contributed by atoms with Gasteiger partial charge in [0.2, 0.25) is 5.91 Å². The molecule has 1 aromatic carbocycles. The molecule has 184 valence electrons. The Morgan fingerprint density at radius 1 is 1.08 bits per heavy atom. The number of aromatic nitrogens is 4. The van der Waals surface area contributed by atoms with Crippen LogP contribution in [0.3, 0.4) is 0 Å². The number of hydrogen-bond acceptors (Lipinski definition) is 6. The zero-order valence-electron chi connectivity index (χ0n) is 19.6. The fourth-order valence-corrected chi connectivity index (χ4v) is 3.30. The molecule has 10 nitrogen and oxygen atoms in total. The molecule has 4 rings (SSSR count). The minimum Gasteiger partial charge on any atom is -0.457 e. The highest BCUT2D eigenvalue weighted by molar-refractivity contribution is 5.99. The predicted molar refractivity (Wildman–Crippen MR) is 132 cm³/mol. The van der Waals surface area contributed by atoms with E-state index in [4.69, 9.17) is 10.5 Å². The maximum atomic E-state index is 14.7. The molecule has 0 bridgehead atoms. The van der Waals surface area contributed by atoms with Gasteiger partial charge in [-0.2, -0.15) is 5.10 Å². The second kappa shape index (κ2) is 10.6. The molecule has 0 radical (unpaired) electrons. The quantitative estimate of drug-likeness (QED) is 0.333. The molecule has 0 fully saturated rings. The zero-order valence-corrected chi connectivity index (χ0v) is 19.6. The van der Waals surface area contributed by atoms with Crippen molar-refractivity contribution in [3.63, 3.8) is 0 Å². The number of carbonyl (C=O) groups is 2. The second-order valence-electron chi connectivity index (χ2n) is 8.25. The summed E-state index contributed by atoms with van der Waals surface area (Å²) in [4.78, 5) is 31.8. The molecule has 0 spiro atoms. The molecule has 11 heteroatoms. The average molecular weight is 490 g/mol. The molecule has 4 N–H and O–H groups in total. The number of amides is 3. The highest BCUT2D eigenvalue weighted by Crippen LogP contribution is 2.28. The van der Waals surface area contributed by atoms with Gasteiger partial charge >= 0.3 is 6.03 Å². The molecule has 3 heterocycles. The van der Waals surface area contributed by atoms with Crippen molar-refractivity contribution in [2.24, 2.45) is 5.73 Å². The van der Waals surface area contributed by atoms with Crippen molar-refractivity contribution in [3.8, 4) is 22.8 Å². The van der Waals surface area contributed by atoms with E-state index in [1.54, 1.807) is 30.7 Å². The summed E-state index contributed by atoms with van der Waals surface area (Å²) in [5.74, 6) is -0.279. The maximum Gasteiger partial charge on any atom is 0.323 e. The molecular formula is C25H24FN7O3. The minimum atomic E-state index is -0.668. The molecule has 0 aliphatic carbocycles. The van der Waals surface area contributed by atoms with Gasteiger partial charge in [-0.15, -0.1) is 0 Å². The Hall–Kier alpha value is -4.80. The molecule has 0 unspecified atom stereocenters. The number of anilines is 2. The van der Waals surface area contributed by atoms with E-state index in [9.17, 15) is 14.0 Å². The number of carbonyl (C=O) groups excluding carboxylic acids is 2. The van der Waals surface area contributed by atoms with Crippen molar-refractivity contribution in [1.29, 1.82) is 0 Å². The van der Waals surface area contributed by atoms with Crippen molar-refractivity contribution in [2.75, 3.05) is 10.6 Å². The Morgan fingerprint density at radius 2 is 1.89 bits per heavy atom. The smallest absolute Gasteiger partial charge is 0.323 e. The summed E-state index contributed by atoms with van der Waals surface area (Å²) in [6.07, 6.45) is 7.97. The molecule has 0 saturated heterocycles. The molecule has 3 aromatic heterocycles. The Labute approximate surface area is 206 Å². The summed E-state index contributed by atoms with van der Waals surface area (Å²) in [7, 11) is 0. The zero-order chi connectivity index (χ0) is 25.7. The molecule has 0 aliphatic rings. The van der Waals surface area contributed by atoms with Gasteiger partial charge in [0.1, 0.15) is 23.9 Å². The van der Waals surface area contributed by atoms with E-state index in [-0.39, 0.29) is 23.9 Å². The number of rotatable bonds is 8. The van der Waals surface area contributed by atoms with Crippen LogP contribution in [0, 0.1) is 5.82 Å². The van der Waals surface area contributed by atoms with Crippen LogP contribution in [0.1, 0.15) is 25.3 Å². The van der Waals surface area contributed by atoms with Crippen LogP contribution in [-0.4, -0.2) is 31.7 Å². The Morgan fingerprint density at radius 3 is 2.64 bits per heavy atom. The van der Waals surface area contributed by atoms with Crippen LogP contribution in [0.2, 0.25) is 0 Å². The first-order chi connectivity index (χ1) is 17.3. The van der Waals surface area contributed by atoms with Crippen molar-refractivity contribution in [1.82, 2.24) is 19.7 Å². The van der Waals surface area contributed by atoms with Crippen molar-refractivity contribution >= 4 is 23.3 Å². The lowest BCUT2D eigenvalue weighted by molar-refractivity contribution is -0.118. The van der Waals surface area contributed by atoms with Gasteiger partial charge in [0.15, 0.2) is 0 Å². The number of halogens is 1. The Balaban J connectivity index is 1.41. The van der Waals surface area contributed by atoms with E-state index in [0.717, 1.165) is 5.56 Å². The highest BCUT2D eigenvalue weighted by Gasteiger charge is 2.11. The van der Waals surface area contributed by atoms with Gasteiger partial charge in [-0.25, -0.2) is 9.18 Å². The van der Waals surface area contributed by atoms with Gasteiger partial charge in [-0.1, -0.05) is 13.8 Å². The van der Waals surface area contributed by atoms with E-state index >= 15 is 0 Å². The number of urea groups is 1. The summed E-state index contributed by atoms with van der Waals surface area (Å²) in [6.45, 7) is 4.00. The fraction of sp³-hybridized carbons (Fsp3) is 0.160. The number of primary amides is 1. The normalized spacial score (nSPS) is 10.8. The summed E-state index contributed by atoms with van der Waals surface area (Å²) < 4.78 is 21.8. The third-order valence-electron chi connectivity index (χ3n) is 5.09. The lowest BCUT2D eigenvalue weighted by atomic mass is 10.1. The summed E-state index contributed by atoms with van der Waals surface area (Å²) in [5, 5.41) is 9.21. The predicted octanol–water partition coefficient (Wildman–Crippen LogP) is 4.52. The van der Waals surface area contributed by atoms with Crippen LogP contribution in [0.25, 0.3) is 11.3 Å². The topological polar surface area (TPSA) is 137 Å². The minimum absolute atomic E-state index is 0.00916. The standard InChI is InChI=1S/C25H24FN7O3/c1-15(2)16-7-18(12-28-10-16)31-25(35)32-22-4-3-19(8-21(22)26)36-20-5-6-29-23(9-20)17-11-30-33(13-17)14-24(27)34/h3-13,15H,14H2,1-2H3,(H2,27,34)(H2,31,32,35). The average Bonchev–Trinajstić information content (AvgIpc) is 3.29. The van der Waals surface area contributed by atoms with Crippen molar-refractivity contribution < 1.29 is 18.7 Å². The molecule has 4 aromatic rings. The Kier molecular flexibility index (Phi) is 7.19. The van der Waals surface area contributed by atoms with Gasteiger partial charge in [-0.05, 0) is 35.7 Å². The van der Waals surface area contributed by atoms with E-state index < -0.39 is 17.8 Å². The highest BCUT2D eigenvalue weighted by atomic mass is 19.1. The number of hydrogen-bond donors (Lipinski definition) is 3. The number of nitrogens with two attached hydrogens (primary N) is 1. The second-order valence-corrected chi connectivity index (χ2v) is 8.25. The van der Waals surface area contributed by atoms with Gasteiger partial charge in [-0.3, -0.25) is 19.4 Å². The Bertz CT molecular complexity index is 1400. The van der Waals surface area contributed by atoms with E-state index in [2.05, 4.69) is 25.7 Å². The molecule has 3 amide bonds. The van der Waals surface area contributed by atoms with E-state index in [0.29, 0.717) is 22.7 Å². The van der Waals surface area contributed by atoms with Gasteiger partial charge in [0.25, 0.3) is 0 Å². The van der Waals surface area contributed by atoms with Crippen LogP contribution >= 0.6 is 0 Å². The van der Waals surface area contributed by atoms with Crippen LogP contribution in [0.15, 0.2) is 67.4 Å². The van der Waals surface area contributed by atoms with Crippen molar-refractivity contribution in [2.45, 2.75) is 26.3 Å². The van der Waals surface area contributed by atoms with Crippen LogP contribution < -0.4 is 21.1 Å².